The lowest BCUT2D eigenvalue weighted by molar-refractivity contribution is -0.156. The van der Waals surface area contributed by atoms with Crippen molar-refractivity contribution in [1.29, 1.82) is 0 Å². The highest BCUT2D eigenvalue weighted by atomic mass is 16.5. The number of aliphatic hydroxyl groups is 1. The summed E-state index contributed by atoms with van der Waals surface area (Å²) in [5.41, 5.74) is 6.47. The summed E-state index contributed by atoms with van der Waals surface area (Å²) in [5.74, 6) is -3.14. The van der Waals surface area contributed by atoms with Gasteiger partial charge in [0.25, 0.3) is 5.91 Å². The van der Waals surface area contributed by atoms with E-state index in [4.69, 9.17) is 15.2 Å². The summed E-state index contributed by atoms with van der Waals surface area (Å²) in [6.07, 6.45) is 5.47. The van der Waals surface area contributed by atoms with E-state index >= 15 is 0 Å². The first-order chi connectivity index (χ1) is 22.1. The van der Waals surface area contributed by atoms with Gasteiger partial charge in [0.1, 0.15) is 23.3 Å². The molecule has 1 aromatic rings. The van der Waals surface area contributed by atoms with Crippen LogP contribution in [0.4, 0.5) is 0 Å². The number of phenolic OH excluding ortho intramolecular Hbond substituents is 1. The Morgan fingerprint density at radius 1 is 1.06 bits per heavy atom. The summed E-state index contributed by atoms with van der Waals surface area (Å²) in [5, 5.41) is 25.2. The van der Waals surface area contributed by atoms with Gasteiger partial charge in [-0.1, -0.05) is 45.9 Å². The number of hydrogen-bond donors (Lipinski definition) is 4. The number of aliphatic imine (C=N–C) groups is 1. The quantitative estimate of drug-likeness (QED) is 0.330. The van der Waals surface area contributed by atoms with Crippen molar-refractivity contribution in [3.05, 3.63) is 57.4 Å². The first-order valence-corrected chi connectivity index (χ1v) is 16.1. The van der Waals surface area contributed by atoms with E-state index in [-0.39, 0.29) is 86.6 Å². The zero-order valence-corrected chi connectivity index (χ0v) is 28.9. The molecule has 0 saturated heterocycles. The number of nitrogens with two attached hydrogens (primary N) is 1. The molecule has 0 radical (unpaired) electrons. The minimum atomic E-state index is -0.761. The van der Waals surface area contributed by atoms with Crippen LogP contribution in [0.5, 0.6) is 11.5 Å². The number of nitrogens with zero attached hydrogens (tertiary/aromatic N) is 1. The van der Waals surface area contributed by atoms with Crippen molar-refractivity contribution in [2.75, 3.05) is 14.2 Å². The van der Waals surface area contributed by atoms with Gasteiger partial charge in [0.05, 0.1) is 35.7 Å². The molecule has 5 N–H and O–H groups in total. The van der Waals surface area contributed by atoms with Crippen molar-refractivity contribution in [2.45, 2.75) is 86.4 Å². The predicted octanol–water partition coefficient (Wildman–Crippen LogP) is 4.71. The average Bonchev–Trinajstić information content (AvgIpc) is 3.01. The van der Waals surface area contributed by atoms with E-state index in [1.54, 1.807) is 19.1 Å². The van der Waals surface area contributed by atoms with Gasteiger partial charge < -0.3 is 30.7 Å². The van der Waals surface area contributed by atoms with Gasteiger partial charge >= 0.3 is 5.97 Å². The number of aromatic hydroxyl groups is 1. The van der Waals surface area contributed by atoms with Gasteiger partial charge in [0, 0.05) is 43.0 Å². The summed E-state index contributed by atoms with van der Waals surface area (Å²) >= 11 is 0. The standard InChI is InChI=1S/C36H49N3O8/c1-17-12-10-14-19(3)36(45)39-30-28(37)29(38-8)26-25(35(46-9)22(6)32(43)27(26)33(30)44)24(41)15-11-13-18(2)34(47-23(7)40)21(5)31(42)20(4)16-17/h10,12,14,17-18,20-21,31,34,42-43H,11,13,15-16,37H2,1-9H3,(H,39,45)/b12-10+,19-14-,38-29-/t17-,18+,20+,21+,31+,34+/m0/s1. The molecule has 0 aromatic heterocycles. The molecule has 6 atom stereocenters. The third-order valence-corrected chi connectivity index (χ3v) is 9.27. The number of fused-ring (bicyclic) bond motifs is 15. The number of rotatable bonds is 2. The van der Waals surface area contributed by atoms with Gasteiger partial charge in [-0.15, -0.1) is 0 Å². The van der Waals surface area contributed by atoms with Gasteiger partial charge in [0.15, 0.2) is 5.78 Å². The fraction of sp³-hybridized carbons (Fsp3) is 0.528. The van der Waals surface area contributed by atoms with E-state index in [0.29, 0.717) is 19.3 Å². The highest BCUT2D eigenvalue weighted by molar-refractivity contribution is 6.33. The van der Waals surface area contributed by atoms with Gasteiger partial charge in [-0.25, -0.2) is 0 Å². The molecule has 3 aliphatic rings. The zero-order chi connectivity index (χ0) is 35.3. The maximum atomic E-state index is 14.0. The highest BCUT2D eigenvalue weighted by Crippen LogP contribution is 2.43. The van der Waals surface area contributed by atoms with E-state index in [2.05, 4.69) is 10.3 Å². The van der Waals surface area contributed by atoms with Crippen LogP contribution in [0.3, 0.4) is 0 Å². The van der Waals surface area contributed by atoms with Crippen LogP contribution in [0.2, 0.25) is 0 Å². The molecule has 4 rings (SSSR count). The topological polar surface area (TPSA) is 178 Å². The molecule has 4 bridgehead atoms. The lowest BCUT2D eigenvalue weighted by Gasteiger charge is -2.35. The molecule has 2 heterocycles. The number of ether oxygens (including phenoxy) is 2. The second kappa shape index (κ2) is 15.6. The van der Waals surface area contributed by atoms with Crippen molar-refractivity contribution >= 4 is 29.2 Å². The molecular weight excluding hydrogens is 602 g/mol. The smallest absolute Gasteiger partial charge is 0.302 e. The summed E-state index contributed by atoms with van der Waals surface area (Å²) in [6, 6.07) is 0. The number of nitrogens with one attached hydrogen (secondary N) is 1. The Morgan fingerprint density at radius 2 is 1.72 bits per heavy atom. The minimum absolute atomic E-state index is 0.0315. The zero-order valence-electron chi connectivity index (χ0n) is 28.9. The van der Waals surface area contributed by atoms with Crippen LogP contribution < -0.4 is 15.8 Å². The van der Waals surface area contributed by atoms with Crippen LogP contribution in [0.25, 0.3) is 0 Å². The molecule has 1 aliphatic carbocycles. The second-order valence-corrected chi connectivity index (χ2v) is 12.9. The summed E-state index contributed by atoms with van der Waals surface area (Å²) in [6.45, 7) is 12.2. The molecule has 11 nitrogen and oxygen atoms in total. The van der Waals surface area contributed by atoms with Crippen LogP contribution >= 0.6 is 0 Å². The van der Waals surface area contributed by atoms with Crippen LogP contribution in [-0.4, -0.2) is 65.7 Å². The third-order valence-electron chi connectivity index (χ3n) is 9.27. The van der Waals surface area contributed by atoms with Crippen molar-refractivity contribution in [1.82, 2.24) is 5.32 Å². The van der Waals surface area contributed by atoms with Crippen molar-refractivity contribution in [3.63, 3.8) is 0 Å². The normalized spacial score (nSPS) is 29.4. The lowest BCUT2D eigenvalue weighted by Crippen LogP contribution is -2.40. The van der Waals surface area contributed by atoms with E-state index in [9.17, 15) is 29.4 Å². The number of Topliss-reactive ketones (excluding diaryl/α,β-unsaturated/α-hetero) is 2. The Labute approximate surface area is 277 Å². The number of methoxy groups -OCH3 is 1. The van der Waals surface area contributed by atoms with Crippen molar-refractivity contribution in [2.24, 2.45) is 34.4 Å². The Balaban J connectivity index is 2.20. The molecule has 2 aliphatic heterocycles. The van der Waals surface area contributed by atoms with Crippen LogP contribution in [-0.2, 0) is 14.3 Å². The van der Waals surface area contributed by atoms with Gasteiger partial charge in [-0.3, -0.25) is 24.2 Å². The number of ketones is 2. The Kier molecular flexibility index (Phi) is 12.3. The number of allylic oxidation sites excluding steroid dienone is 5. The number of carbonyl (C=O) groups is 4. The van der Waals surface area contributed by atoms with Crippen LogP contribution in [0.1, 0.15) is 99.1 Å². The van der Waals surface area contributed by atoms with Crippen molar-refractivity contribution in [3.8, 4) is 11.5 Å². The number of hydrogen-bond acceptors (Lipinski definition) is 10. The number of amides is 1. The first kappa shape index (κ1) is 37.2. The maximum absolute atomic E-state index is 14.0. The molecule has 0 unspecified atom stereocenters. The number of esters is 1. The fourth-order valence-electron chi connectivity index (χ4n) is 6.68. The number of carbonyl (C=O) groups excluding carboxylic acids is 4. The first-order valence-electron chi connectivity index (χ1n) is 16.1. The monoisotopic (exact) mass is 651 g/mol. The molecular formula is C36H49N3O8. The highest BCUT2D eigenvalue weighted by Gasteiger charge is 2.39. The molecule has 256 valence electrons. The third kappa shape index (κ3) is 7.84. The summed E-state index contributed by atoms with van der Waals surface area (Å²) in [4.78, 5) is 57.5. The molecule has 1 aromatic carbocycles. The van der Waals surface area contributed by atoms with E-state index in [1.165, 1.54) is 28.0 Å². The summed E-state index contributed by atoms with van der Waals surface area (Å²) < 4.78 is 11.3. The van der Waals surface area contributed by atoms with Crippen molar-refractivity contribution < 1.29 is 38.9 Å². The van der Waals surface area contributed by atoms with Gasteiger partial charge in [0.2, 0.25) is 5.78 Å². The van der Waals surface area contributed by atoms with Crippen LogP contribution in [0.15, 0.2) is 40.2 Å². The Morgan fingerprint density at radius 3 is 2.32 bits per heavy atom. The van der Waals surface area contributed by atoms with Gasteiger partial charge in [-0.2, -0.15) is 0 Å². The molecule has 0 saturated carbocycles. The average molecular weight is 652 g/mol. The van der Waals surface area contributed by atoms with Crippen LogP contribution in [0, 0.1) is 30.6 Å². The largest absolute Gasteiger partial charge is 0.507 e. The van der Waals surface area contributed by atoms with Gasteiger partial charge in [-0.05, 0) is 50.9 Å². The van der Waals surface area contributed by atoms with E-state index < -0.39 is 35.6 Å². The minimum Gasteiger partial charge on any atom is -0.507 e. The second-order valence-electron chi connectivity index (χ2n) is 12.9. The fourth-order valence-corrected chi connectivity index (χ4v) is 6.68. The molecule has 0 spiro atoms. The number of aliphatic hydroxyl groups excluding tert-OH is 1. The predicted molar refractivity (Wildman–Crippen MR) is 179 cm³/mol. The lowest BCUT2D eigenvalue weighted by atomic mass is 9.79. The molecule has 0 fully saturated rings. The summed E-state index contributed by atoms with van der Waals surface area (Å²) in [7, 11) is 2.80. The van der Waals surface area contributed by atoms with E-state index in [1.807, 2.05) is 33.8 Å². The molecule has 47 heavy (non-hydrogen) atoms. The Bertz CT molecular complexity index is 1550. The Hall–Kier alpha value is -4.25. The molecule has 1 amide bonds. The number of phenols is 1. The molecule has 11 heteroatoms. The maximum Gasteiger partial charge on any atom is 0.302 e. The SMILES string of the molecule is C/N=C1\C(N)=C2NC(=O)/C(C)=C\C=C\[C@H](C)C[C@@H](C)[C@@H](O)[C@@H](C)[C@H](OC(C)=O)[C@H](C)CCCC(=O)c3c(OC)c(C)c(O)c(c31)C2=O. The van der Waals surface area contributed by atoms with E-state index in [0.717, 1.165) is 0 Å². The number of benzene rings is 1.